The molecular formula is C14H18IN3O3. The van der Waals surface area contributed by atoms with Crippen molar-refractivity contribution in [2.75, 3.05) is 19.0 Å². The minimum atomic E-state index is -0.817. The molecule has 0 amide bonds. The molecule has 2 aromatic rings. The topological polar surface area (TPSA) is 93.0 Å². The summed E-state index contributed by atoms with van der Waals surface area (Å²) in [5.41, 5.74) is 6.48. The van der Waals surface area contributed by atoms with Gasteiger partial charge in [0, 0.05) is 0 Å². The Hall–Kier alpha value is -1.74. The summed E-state index contributed by atoms with van der Waals surface area (Å²) in [6.07, 6.45) is 0.682. The number of nitrogens with zero attached hydrogens (tertiary/aromatic N) is 1. The third-order valence-electron chi connectivity index (χ3n) is 2.68. The van der Waals surface area contributed by atoms with Crippen LogP contribution < -0.4 is 15.8 Å². The van der Waals surface area contributed by atoms with Crippen LogP contribution in [0.1, 0.15) is 11.9 Å². The van der Waals surface area contributed by atoms with Crippen LogP contribution >= 0.6 is 24.0 Å². The molecule has 0 aliphatic heterocycles. The first-order valence-electron chi connectivity index (χ1n) is 6.12. The quantitative estimate of drug-likeness (QED) is 0.405. The van der Waals surface area contributed by atoms with Crippen molar-refractivity contribution in [2.24, 2.45) is 10.7 Å². The van der Waals surface area contributed by atoms with Crippen LogP contribution in [0.15, 0.2) is 52.1 Å². The van der Waals surface area contributed by atoms with Crippen molar-refractivity contribution in [3.8, 4) is 5.75 Å². The molecule has 0 aliphatic carbocycles. The molecule has 6 nitrogen and oxygen atoms in total. The van der Waals surface area contributed by atoms with E-state index in [1.54, 1.807) is 19.2 Å². The van der Waals surface area contributed by atoms with E-state index in [4.69, 9.17) is 14.9 Å². The van der Waals surface area contributed by atoms with Gasteiger partial charge in [-0.25, -0.2) is 4.99 Å². The van der Waals surface area contributed by atoms with E-state index in [9.17, 15) is 5.11 Å². The zero-order valence-electron chi connectivity index (χ0n) is 11.5. The first kappa shape index (κ1) is 17.3. The third kappa shape index (κ3) is 4.94. The van der Waals surface area contributed by atoms with Crippen molar-refractivity contribution < 1.29 is 14.3 Å². The molecule has 0 radical (unpaired) electrons. The molecule has 21 heavy (non-hydrogen) atoms. The van der Waals surface area contributed by atoms with Crippen LogP contribution in [0.25, 0.3) is 0 Å². The number of halogens is 1. The first-order valence-corrected chi connectivity index (χ1v) is 6.12. The van der Waals surface area contributed by atoms with Gasteiger partial charge in [0.25, 0.3) is 0 Å². The number of nitrogens with two attached hydrogens (primary N) is 1. The van der Waals surface area contributed by atoms with Gasteiger partial charge in [0.1, 0.15) is 17.6 Å². The lowest BCUT2D eigenvalue weighted by molar-refractivity contribution is 0.158. The van der Waals surface area contributed by atoms with Crippen LogP contribution in [0.3, 0.4) is 0 Å². The summed E-state index contributed by atoms with van der Waals surface area (Å²) in [4.78, 5) is 4.07. The number of ether oxygens (including phenoxy) is 1. The van der Waals surface area contributed by atoms with Gasteiger partial charge in [0.05, 0.1) is 25.6 Å². The van der Waals surface area contributed by atoms with E-state index in [0.29, 0.717) is 17.2 Å². The van der Waals surface area contributed by atoms with Crippen molar-refractivity contribution >= 4 is 35.6 Å². The van der Waals surface area contributed by atoms with Gasteiger partial charge in [-0.1, -0.05) is 12.1 Å². The van der Waals surface area contributed by atoms with Crippen molar-refractivity contribution in [3.63, 3.8) is 0 Å². The molecule has 4 N–H and O–H groups in total. The summed E-state index contributed by atoms with van der Waals surface area (Å²) in [7, 11) is 1.58. The maximum atomic E-state index is 9.82. The number of guanidine groups is 1. The monoisotopic (exact) mass is 403 g/mol. The number of benzene rings is 1. The number of anilines is 1. The van der Waals surface area contributed by atoms with Crippen LogP contribution in [-0.2, 0) is 0 Å². The van der Waals surface area contributed by atoms with E-state index in [1.807, 2.05) is 24.3 Å². The number of methoxy groups -OCH3 is 1. The molecule has 0 spiro atoms. The number of furan rings is 1. The minimum absolute atomic E-state index is 0. The van der Waals surface area contributed by atoms with Crippen LogP contribution in [0.4, 0.5) is 5.69 Å². The largest absolute Gasteiger partial charge is 0.495 e. The van der Waals surface area contributed by atoms with Crippen molar-refractivity contribution in [3.05, 3.63) is 48.4 Å². The second-order valence-corrected chi connectivity index (χ2v) is 4.08. The average Bonchev–Trinajstić information content (AvgIpc) is 2.99. The molecule has 0 bridgehead atoms. The van der Waals surface area contributed by atoms with Crippen LogP contribution in [-0.4, -0.2) is 24.7 Å². The highest BCUT2D eigenvalue weighted by atomic mass is 127. The summed E-state index contributed by atoms with van der Waals surface area (Å²) < 4.78 is 10.3. The normalized spacial score (nSPS) is 12.4. The molecule has 0 aliphatic rings. The summed E-state index contributed by atoms with van der Waals surface area (Å²) in [6.45, 7) is 0.113. The fourth-order valence-electron chi connectivity index (χ4n) is 1.68. The lowest BCUT2D eigenvalue weighted by Gasteiger charge is -2.10. The Kier molecular flexibility index (Phi) is 7.03. The maximum absolute atomic E-state index is 9.82. The van der Waals surface area contributed by atoms with Gasteiger partial charge in [-0.3, -0.25) is 0 Å². The van der Waals surface area contributed by atoms with Crippen LogP contribution in [0, 0.1) is 0 Å². The molecule has 1 unspecified atom stereocenters. The number of para-hydroxylation sites is 2. The van der Waals surface area contributed by atoms with Gasteiger partial charge in [-0.05, 0) is 24.3 Å². The molecule has 7 heteroatoms. The third-order valence-corrected chi connectivity index (χ3v) is 2.68. The predicted molar refractivity (Wildman–Crippen MR) is 92.2 cm³/mol. The van der Waals surface area contributed by atoms with E-state index in [0.717, 1.165) is 0 Å². The number of hydrogen-bond acceptors (Lipinski definition) is 4. The molecule has 0 saturated carbocycles. The Morgan fingerprint density at radius 2 is 2.14 bits per heavy atom. The second-order valence-electron chi connectivity index (χ2n) is 4.08. The molecule has 1 heterocycles. The number of rotatable bonds is 5. The fourth-order valence-corrected chi connectivity index (χ4v) is 1.68. The van der Waals surface area contributed by atoms with Crippen LogP contribution in [0.5, 0.6) is 5.75 Å². The molecule has 0 saturated heterocycles. The molecule has 1 aromatic carbocycles. The molecule has 2 rings (SSSR count). The number of aliphatic hydroxyl groups is 1. The van der Waals surface area contributed by atoms with E-state index < -0.39 is 6.10 Å². The van der Waals surface area contributed by atoms with Gasteiger partial charge >= 0.3 is 0 Å². The molecule has 0 fully saturated rings. The van der Waals surface area contributed by atoms with Gasteiger partial charge in [0.15, 0.2) is 5.96 Å². The standard InChI is InChI=1S/C14H17N3O3.HI/c1-19-12-6-3-2-5-10(12)17-14(15)16-9-11(18)13-7-4-8-20-13;/h2-8,11,18H,9H2,1H3,(H3,15,16,17);1H. The Balaban J connectivity index is 0.00000220. The highest BCUT2D eigenvalue weighted by molar-refractivity contribution is 14.0. The zero-order valence-corrected chi connectivity index (χ0v) is 13.9. The molecule has 1 atom stereocenters. The van der Waals surface area contributed by atoms with E-state index in [2.05, 4.69) is 10.3 Å². The Bertz CT molecular complexity index is 573. The summed E-state index contributed by atoms with van der Waals surface area (Å²) in [6, 6.07) is 10.7. The van der Waals surface area contributed by atoms with Crippen molar-refractivity contribution in [1.29, 1.82) is 0 Å². The van der Waals surface area contributed by atoms with Gasteiger partial charge in [-0.2, -0.15) is 0 Å². The van der Waals surface area contributed by atoms with Gasteiger partial charge in [0.2, 0.25) is 0 Å². The number of aliphatic imine (C=N–C) groups is 1. The number of aliphatic hydroxyl groups excluding tert-OH is 1. The highest BCUT2D eigenvalue weighted by Crippen LogP contribution is 2.22. The van der Waals surface area contributed by atoms with Crippen LogP contribution in [0.2, 0.25) is 0 Å². The lowest BCUT2D eigenvalue weighted by atomic mass is 10.3. The lowest BCUT2D eigenvalue weighted by Crippen LogP contribution is -2.23. The molecule has 1 aromatic heterocycles. The maximum Gasteiger partial charge on any atom is 0.193 e. The zero-order chi connectivity index (χ0) is 14.4. The highest BCUT2D eigenvalue weighted by Gasteiger charge is 2.09. The second kappa shape index (κ2) is 8.53. The Labute approximate surface area is 140 Å². The number of nitrogens with one attached hydrogen (secondary N) is 1. The average molecular weight is 403 g/mol. The number of hydrogen-bond donors (Lipinski definition) is 3. The van der Waals surface area contributed by atoms with Gasteiger partial charge in [-0.15, -0.1) is 24.0 Å². The minimum Gasteiger partial charge on any atom is -0.495 e. The smallest absolute Gasteiger partial charge is 0.193 e. The first-order chi connectivity index (χ1) is 9.70. The van der Waals surface area contributed by atoms with Gasteiger partial charge < -0.3 is 25.3 Å². The van der Waals surface area contributed by atoms with Crippen molar-refractivity contribution in [1.82, 2.24) is 0 Å². The fraction of sp³-hybridized carbons (Fsp3) is 0.214. The molecule has 114 valence electrons. The van der Waals surface area contributed by atoms with Crippen molar-refractivity contribution in [2.45, 2.75) is 6.10 Å². The Morgan fingerprint density at radius 3 is 2.81 bits per heavy atom. The SMILES string of the molecule is COc1ccccc1NC(N)=NCC(O)c1ccco1.I. The molecular weight excluding hydrogens is 385 g/mol. The summed E-state index contributed by atoms with van der Waals surface area (Å²) in [5.74, 6) is 1.32. The Morgan fingerprint density at radius 1 is 1.38 bits per heavy atom. The summed E-state index contributed by atoms with van der Waals surface area (Å²) >= 11 is 0. The predicted octanol–water partition coefficient (Wildman–Crippen LogP) is 2.37. The van der Waals surface area contributed by atoms with E-state index in [-0.39, 0.29) is 36.5 Å². The van der Waals surface area contributed by atoms with E-state index in [1.165, 1.54) is 6.26 Å². The van der Waals surface area contributed by atoms with E-state index >= 15 is 0 Å². The summed E-state index contributed by atoms with van der Waals surface area (Å²) in [5, 5.41) is 12.7.